The van der Waals surface area contributed by atoms with Crippen molar-refractivity contribution in [2.75, 3.05) is 26.3 Å². The van der Waals surface area contributed by atoms with E-state index in [9.17, 15) is 19.5 Å². The van der Waals surface area contributed by atoms with Gasteiger partial charge in [-0.25, -0.2) is 4.79 Å². The maximum absolute atomic E-state index is 11.8. The molecule has 0 aromatic rings. The number of ether oxygens (including phenoxy) is 1. The zero-order valence-electron chi connectivity index (χ0n) is 11.8. The molecule has 2 rings (SSSR count). The first kappa shape index (κ1) is 15.6. The molecule has 0 bridgehead atoms. The van der Waals surface area contributed by atoms with Crippen LogP contribution in [0.4, 0.5) is 4.79 Å². The van der Waals surface area contributed by atoms with Gasteiger partial charge in [0.2, 0.25) is 5.91 Å². The highest BCUT2D eigenvalue weighted by Crippen LogP contribution is 2.30. The third kappa shape index (κ3) is 4.07. The van der Waals surface area contributed by atoms with Gasteiger partial charge in [0.05, 0.1) is 5.41 Å². The molecule has 0 aliphatic carbocycles. The largest absolute Gasteiger partial charge is 0.481 e. The number of hydrogen-bond acceptors (Lipinski definition) is 4. The molecule has 0 radical (unpaired) electrons. The second-order valence-electron chi connectivity index (χ2n) is 5.56. The molecule has 2 saturated heterocycles. The summed E-state index contributed by atoms with van der Waals surface area (Å²) in [6.07, 6.45) is 1.77. The van der Waals surface area contributed by atoms with Crippen LogP contribution < -0.4 is 16.0 Å². The third-order valence-electron chi connectivity index (χ3n) is 4.09. The Morgan fingerprint density at radius 1 is 1.38 bits per heavy atom. The normalized spacial score (nSPS) is 24.8. The van der Waals surface area contributed by atoms with Crippen LogP contribution in [0.15, 0.2) is 0 Å². The van der Waals surface area contributed by atoms with Gasteiger partial charge in [0, 0.05) is 38.8 Å². The summed E-state index contributed by atoms with van der Waals surface area (Å²) in [6.45, 7) is 1.27. The summed E-state index contributed by atoms with van der Waals surface area (Å²) < 4.78 is 5.18. The van der Waals surface area contributed by atoms with Crippen molar-refractivity contribution in [2.24, 2.45) is 5.41 Å². The minimum absolute atomic E-state index is 0.0134. The predicted octanol–water partition coefficient (Wildman–Crippen LogP) is -0.554. The Kier molecular flexibility index (Phi) is 5.00. The molecule has 21 heavy (non-hydrogen) atoms. The van der Waals surface area contributed by atoms with Crippen LogP contribution >= 0.6 is 0 Å². The van der Waals surface area contributed by atoms with Gasteiger partial charge in [0.15, 0.2) is 0 Å². The first-order chi connectivity index (χ1) is 10.0. The predicted molar refractivity (Wildman–Crippen MR) is 72.7 cm³/mol. The van der Waals surface area contributed by atoms with Crippen molar-refractivity contribution in [3.63, 3.8) is 0 Å². The zero-order chi connectivity index (χ0) is 15.3. The molecular weight excluding hydrogens is 278 g/mol. The summed E-state index contributed by atoms with van der Waals surface area (Å²) in [7, 11) is 0. The average Bonchev–Trinajstić information content (AvgIpc) is 2.48. The molecular formula is C13H21N3O5. The molecule has 118 valence electrons. The number of aliphatic carboxylic acids is 1. The lowest BCUT2D eigenvalue weighted by Crippen LogP contribution is -2.53. The van der Waals surface area contributed by atoms with Gasteiger partial charge in [0.25, 0.3) is 0 Å². The first-order valence-electron chi connectivity index (χ1n) is 7.14. The lowest BCUT2D eigenvalue weighted by Gasteiger charge is -2.33. The van der Waals surface area contributed by atoms with Gasteiger partial charge in [-0.3, -0.25) is 9.59 Å². The second-order valence-corrected chi connectivity index (χ2v) is 5.56. The van der Waals surface area contributed by atoms with E-state index in [2.05, 4.69) is 16.0 Å². The van der Waals surface area contributed by atoms with Gasteiger partial charge in [0.1, 0.15) is 0 Å². The smallest absolute Gasteiger partial charge is 0.315 e. The highest BCUT2D eigenvalue weighted by molar-refractivity contribution is 5.79. The Bertz CT molecular complexity index is 410. The van der Waals surface area contributed by atoms with E-state index in [-0.39, 0.29) is 18.5 Å². The van der Waals surface area contributed by atoms with Crippen LogP contribution in [-0.2, 0) is 14.3 Å². The Morgan fingerprint density at radius 2 is 2.10 bits per heavy atom. The summed E-state index contributed by atoms with van der Waals surface area (Å²) in [4.78, 5) is 34.3. The van der Waals surface area contributed by atoms with Crippen LogP contribution in [0.3, 0.4) is 0 Å². The number of carbonyl (C=O) groups excluding carboxylic acids is 2. The van der Waals surface area contributed by atoms with Crippen LogP contribution in [0, 0.1) is 5.41 Å². The van der Waals surface area contributed by atoms with E-state index in [0.717, 1.165) is 0 Å². The van der Waals surface area contributed by atoms with E-state index < -0.39 is 17.4 Å². The van der Waals surface area contributed by atoms with Gasteiger partial charge in [-0.2, -0.15) is 0 Å². The van der Waals surface area contributed by atoms with Crippen LogP contribution in [-0.4, -0.2) is 55.4 Å². The number of carbonyl (C=O) groups is 3. The summed E-state index contributed by atoms with van der Waals surface area (Å²) in [5.74, 6) is -0.920. The molecule has 4 N–H and O–H groups in total. The molecule has 2 aliphatic heterocycles. The maximum atomic E-state index is 11.8. The number of amides is 3. The zero-order valence-corrected chi connectivity index (χ0v) is 11.8. The molecule has 8 heteroatoms. The molecule has 0 saturated carbocycles. The van der Waals surface area contributed by atoms with Gasteiger partial charge in [-0.1, -0.05) is 0 Å². The first-order valence-corrected chi connectivity index (χ1v) is 7.14. The molecule has 2 fully saturated rings. The lowest BCUT2D eigenvalue weighted by atomic mass is 9.80. The minimum atomic E-state index is -0.948. The Morgan fingerprint density at radius 3 is 2.67 bits per heavy atom. The Balaban J connectivity index is 1.79. The number of carboxylic acids is 1. The minimum Gasteiger partial charge on any atom is -0.481 e. The summed E-state index contributed by atoms with van der Waals surface area (Å²) >= 11 is 0. The third-order valence-corrected chi connectivity index (χ3v) is 4.09. The van der Waals surface area contributed by atoms with Crippen molar-refractivity contribution in [2.45, 2.75) is 31.7 Å². The summed E-state index contributed by atoms with van der Waals surface area (Å²) in [5, 5.41) is 17.4. The number of carboxylic acid groups (broad SMARTS) is 1. The van der Waals surface area contributed by atoms with Gasteiger partial charge < -0.3 is 25.8 Å². The van der Waals surface area contributed by atoms with Crippen molar-refractivity contribution in [3.05, 3.63) is 0 Å². The summed E-state index contributed by atoms with van der Waals surface area (Å²) in [5.41, 5.74) is -0.948. The number of urea groups is 1. The van der Waals surface area contributed by atoms with Crippen molar-refractivity contribution in [3.8, 4) is 0 Å². The fraction of sp³-hybridized carbons (Fsp3) is 0.769. The van der Waals surface area contributed by atoms with E-state index in [4.69, 9.17) is 4.74 Å². The van der Waals surface area contributed by atoms with E-state index in [0.29, 0.717) is 45.4 Å². The van der Waals surface area contributed by atoms with Gasteiger partial charge in [-0.15, -0.1) is 0 Å². The molecule has 0 aromatic heterocycles. The van der Waals surface area contributed by atoms with Gasteiger partial charge >= 0.3 is 12.0 Å². The molecule has 8 nitrogen and oxygen atoms in total. The number of piperidine rings is 1. The van der Waals surface area contributed by atoms with E-state index >= 15 is 0 Å². The molecule has 0 aromatic carbocycles. The van der Waals surface area contributed by atoms with Crippen molar-refractivity contribution in [1.82, 2.24) is 16.0 Å². The summed E-state index contributed by atoms with van der Waals surface area (Å²) in [6, 6.07) is -0.513. The van der Waals surface area contributed by atoms with Crippen LogP contribution in [0.2, 0.25) is 0 Å². The highest BCUT2D eigenvalue weighted by atomic mass is 16.5. The van der Waals surface area contributed by atoms with Gasteiger partial charge in [-0.05, 0) is 19.3 Å². The van der Waals surface area contributed by atoms with E-state index in [1.54, 1.807) is 0 Å². The van der Waals surface area contributed by atoms with Crippen LogP contribution in [0.5, 0.6) is 0 Å². The fourth-order valence-corrected chi connectivity index (χ4v) is 2.57. The quantitative estimate of drug-likeness (QED) is 0.555. The second kappa shape index (κ2) is 6.75. The number of hydrogen-bond donors (Lipinski definition) is 4. The Hall–Kier alpha value is -1.83. The van der Waals surface area contributed by atoms with Crippen LogP contribution in [0.25, 0.3) is 0 Å². The van der Waals surface area contributed by atoms with E-state index in [1.807, 2.05) is 0 Å². The van der Waals surface area contributed by atoms with E-state index in [1.165, 1.54) is 0 Å². The molecule has 3 amide bonds. The average molecular weight is 299 g/mol. The molecule has 0 spiro atoms. The SMILES string of the molecule is O=C1CCC(NC(=O)NCC2(C(=O)O)CCOCC2)CN1. The fourth-order valence-electron chi connectivity index (χ4n) is 2.57. The molecule has 1 atom stereocenters. The topological polar surface area (TPSA) is 117 Å². The molecule has 2 heterocycles. The van der Waals surface area contributed by atoms with Crippen molar-refractivity contribution >= 4 is 17.9 Å². The highest BCUT2D eigenvalue weighted by Gasteiger charge is 2.40. The number of nitrogens with one attached hydrogen (secondary N) is 3. The lowest BCUT2D eigenvalue weighted by molar-refractivity contribution is -0.154. The monoisotopic (exact) mass is 299 g/mol. The van der Waals surface area contributed by atoms with Crippen molar-refractivity contribution < 1.29 is 24.2 Å². The number of rotatable bonds is 4. The Labute approximate surface area is 122 Å². The van der Waals surface area contributed by atoms with Crippen molar-refractivity contribution in [1.29, 1.82) is 0 Å². The molecule has 2 aliphatic rings. The standard InChI is InChI=1S/C13H21N3O5/c17-10-2-1-9(7-14-10)16-12(20)15-8-13(11(18)19)3-5-21-6-4-13/h9H,1-8H2,(H,14,17)(H,18,19)(H2,15,16,20). The molecule has 1 unspecified atom stereocenters. The maximum Gasteiger partial charge on any atom is 0.315 e. The van der Waals surface area contributed by atoms with Crippen LogP contribution in [0.1, 0.15) is 25.7 Å².